The Bertz CT molecular complexity index is 924. The van der Waals surface area contributed by atoms with Crippen LogP contribution in [0.1, 0.15) is 18.5 Å². The second kappa shape index (κ2) is 6.81. The zero-order chi connectivity index (χ0) is 18.1. The van der Waals surface area contributed by atoms with Gasteiger partial charge in [0.1, 0.15) is 0 Å². The van der Waals surface area contributed by atoms with Crippen LogP contribution in [0.5, 0.6) is 0 Å². The van der Waals surface area contributed by atoms with E-state index in [1.165, 1.54) is 59.9 Å². The summed E-state index contributed by atoms with van der Waals surface area (Å²) in [5, 5.41) is 5.50. The average Bonchev–Trinajstić information content (AvgIpc) is 2.53. The van der Waals surface area contributed by atoms with Gasteiger partial charge >= 0.3 is 0 Å². The first-order valence-corrected chi connectivity index (χ1v) is 10.3. The summed E-state index contributed by atoms with van der Waals surface area (Å²) in [6.45, 7) is 1.71. The molecule has 9 heteroatoms. The molecule has 0 heterocycles. The smallest absolute Gasteiger partial charge is 0.225 e. The number of benzene rings is 2. The molecule has 0 saturated heterocycles. The fourth-order valence-electron chi connectivity index (χ4n) is 2.13. The zero-order valence-corrected chi connectivity index (χ0v) is 15.4. The van der Waals surface area contributed by atoms with Gasteiger partial charge in [-0.25, -0.2) is 22.0 Å². The SMILES string of the molecule is CC(c1ccc(S(N)(=O)=O)cc1)N(C)S(=O)(=O)c1ccc(Cl)cc1. The van der Waals surface area contributed by atoms with Crippen molar-refractivity contribution >= 4 is 31.6 Å². The Balaban J connectivity index is 2.31. The van der Waals surface area contributed by atoms with Crippen LogP contribution < -0.4 is 5.14 Å². The molecule has 0 aliphatic rings. The minimum atomic E-state index is -3.79. The Morgan fingerprint density at radius 2 is 1.38 bits per heavy atom. The van der Waals surface area contributed by atoms with E-state index in [9.17, 15) is 16.8 Å². The number of nitrogens with two attached hydrogens (primary N) is 1. The molecule has 2 aromatic carbocycles. The molecule has 2 aromatic rings. The first kappa shape index (κ1) is 18.9. The summed E-state index contributed by atoms with van der Waals surface area (Å²) in [4.78, 5) is 0.101. The van der Waals surface area contributed by atoms with E-state index >= 15 is 0 Å². The van der Waals surface area contributed by atoms with Crippen molar-refractivity contribution in [3.05, 3.63) is 59.1 Å². The van der Waals surface area contributed by atoms with Gasteiger partial charge < -0.3 is 0 Å². The molecule has 0 aliphatic heterocycles. The maximum Gasteiger partial charge on any atom is 0.243 e. The molecule has 6 nitrogen and oxygen atoms in total. The minimum Gasteiger partial charge on any atom is -0.225 e. The molecule has 0 fully saturated rings. The van der Waals surface area contributed by atoms with E-state index in [0.717, 1.165) is 0 Å². The third kappa shape index (κ3) is 3.96. The summed E-state index contributed by atoms with van der Waals surface area (Å²) in [5.74, 6) is 0. The van der Waals surface area contributed by atoms with E-state index in [0.29, 0.717) is 10.6 Å². The molecule has 0 radical (unpaired) electrons. The molecule has 2 N–H and O–H groups in total. The zero-order valence-electron chi connectivity index (χ0n) is 13.0. The fraction of sp³-hybridized carbons (Fsp3) is 0.200. The number of rotatable bonds is 5. The quantitative estimate of drug-likeness (QED) is 0.850. The number of halogens is 1. The van der Waals surface area contributed by atoms with Gasteiger partial charge in [-0.3, -0.25) is 0 Å². The van der Waals surface area contributed by atoms with Crippen molar-refractivity contribution in [2.75, 3.05) is 7.05 Å². The van der Waals surface area contributed by atoms with Crippen molar-refractivity contribution in [2.45, 2.75) is 22.8 Å². The number of primary sulfonamides is 1. The van der Waals surface area contributed by atoms with E-state index in [4.69, 9.17) is 16.7 Å². The molecule has 1 unspecified atom stereocenters. The third-order valence-corrected chi connectivity index (χ3v) is 6.85. The molecule has 0 bridgehead atoms. The maximum atomic E-state index is 12.7. The van der Waals surface area contributed by atoms with Gasteiger partial charge in [0, 0.05) is 18.1 Å². The topological polar surface area (TPSA) is 97.5 Å². The minimum absolute atomic E-state index is 0.0262. The van der Waals surface area contributed by atoms with Crippen molar-refractivity contribution in [3.8, 4) is 0 Å². The predicted octanol–water partition coefficient (Wildman–Crippen LogP) is 2.37. The Hall–Kier alpha value is -1.45. The van der Waals surface area contributed by atoms with Crippen LogP contribution in [-0.2, 0) is 20.0 Å². The van der Waals surface area contributed by atoms with Crippen LogP contribution >= 0.6 is 11.6 Å². The highest BCUT2D eigenvalue weighted by molar-refractivity contribution is 7.89. The summed E-state index contributed by atoms with van der Waals surface area (Å²) in [6.07, 6.45) is 0. The Labute approximate surface area is 147 Å². The summed E-state index contributed by atoms with van der Waals surface area (Å²) >= 11 is 5.78. The summed E-state index contributed by atoms with van der Waals surface area (Å²) in [5.41, 5.74) is 0.641. The molecule has 130 valence electrons. The number of hydrogen-bond acceptors (Lipinski definition) is 4. The molecular weight excluding hydrogens is 372 g/mol. The van der Waals surface area contributed by atoms with Crippen LogP contribution in [0.25, 0.3) is 0 Å². The van der Waals surface area contributed by atoms with Gasteiger partial charge in [0.05, 0.1) is 9.79 Å². The van der Waals surface area contributed by atoms with Crippen LogP contribution in [0, 0.1) is 0 Å². The van der Waals surface area contributed by atoms with E-state index in [1.54, 1.807) is 6.92 Å². The molecule has 0 amide bonds. The summed E-state index contributed by atoms with van der Waals surface area (Å²) in [7, 11) is -6.03. The van der Waals surface area contributed by atoms with E-state index in [2.05, 4.69) is 0 Å². The van der Waals surface area contributed by atoms with Gasteiger partial charge in [0.2, 0.25) is 20.0 Å². The molecule has 24 heavy (non-hydrogen) atoms. The van der Waals surface area contributed by atoms with Crippen molar-refractivity contribution in [1.82, 2.24) is 4.31 Å². The summed E-state index contributed by atoms with van der Waals surface area (Å²) < 4.78 is 49.1. The predicted molar refractivity (Wildman–Crippen MR) is 92.6 cm³/mol. The third-order valence-electron chi connectivity index (χ3n) is 3.73. The van der Waals surface area contributed by atoms with Crippen LogP contribution in [0.2, 0.25) is 5.02 Å². The molecule has 0 saturated carbocycles. The van der Waals surface area contributed by atoms with Gasteiger partial charge in [0.25, 0.3) is 0 Å². The number of nitrogens with zero attached hydrogens (tertiary/aromatic N) is 1. The van der Waals surface area contributed by atoms with Crippen molar-refractivity contribution in [2.24, 2.45) is 5.14 Å². The lowest BCUT2D eigenvalue weighted by Crippen LogP contribution is -2.29. The molecule has 0 aliphatic carbocycles. The van der Waals surface area contributed by atoms with Gasteiger partial charge in [-0.2, -0.15) is 4.31 Å². The molecule has 0 aromatic heterocycles. The Kier molecular flexibility index (Phi) is 5.36. The van der Waals surface area contributed by atoms with Gasteiger partial charge in [0.15, 0.2) is 0 Å². The maximum absolute atomic E-state index is 12.7. The van der Waals surface area contributed by atoms with Gasteiger partial charge in [-0.05, 0) is 48.9 Å². The van der Waals surface area contributed by atoms with Crippen molar-refractivity contribution in [3.63, 3.8) is 0 Å². The first-order chi connectivity index (χ1) is 11.0. The highest BCUT2D eigenvalue weighted by Gasteiger charge is 2.26. The average molecular weight is 389 g/mol. The Morgan fingerprint density at radius 3 is 1.83 bits per heavy atom. The molecule has 1 atom stereocenters. The standard InChI is InChI=1S/C15H17ClN2O4S2/c1-11(12-3-7-14(8-4-12)23(17,19)20)18(2)24(21,22)15-9-5-13(16)6-10-15/h3-11H,1-2H3,(H2,17,19,20). The van der Waals surface area contributed by atoms with Crippen molar-refractivity contribution < 1.29 is 16.8 Å². The van der Waals surface area contributed by atoms with Crippen molar-refractivity contribution in [1.29, 1.82) is 0 Å². The van der Waals surface area contributed by atoms with E-state index in [1.807, 2.05) is 0 Å². The first-order valence-electron chi connectivity index (χ1n) is 6.90. The van der Waals surface area contributed by atoms with Gasteiger partial charge in [-0.15, -0.1) is 0 Å². The Morgan fingerprint density at radius 1 is 0.917 bits per heavy atom. The largest absolute Gasteiger partial charge is 0.243 e. The molecular formula is C15H17ClN2O4S2. The molecule has 0 spiro atoms. The number of sulfonamides is 2. The van der Waals surface area contributed by atoms with Gasteiger partial charge in [-0.1, -0.05) is 23.7 Å². The second-order valence-electron chi connectivity index (χ2n) is 5.27. The summed E-state index contributed by atoms with van der Waals surface area (Å²) in [6, 6.07) is 11.2. The van der Waals surface area contributed by atoms with E-state index < -0.39 is 26.1 Å². The van der Waals surface area contributed by atoms with Crippen LogP contribution in [0.4, 0.5) is 0 Å². The second-order valence-corrected chi connectivity index (χ2v) is 9.26. The molecule has 2 rings (SSSR count). The van der Waals surface area contributed by atoms with Crippen LogP contribution in [0.15, 0.2) is 58.3 Å². The fourth-order valence-corrected chi connectivity index (χ4v) is 4.12. The monoisotopic (exact) mass is 388 g/mol. The lowest BCUT2D eigenvalue weighted by molar-refractivity contribution is 0.398. The number of hydrogen-bond donors (Lipinski definition) is 1. The van der Waals surface area contributed by atoms with Crippen LogP contribution in [-0.4, -0.2) is 28.2 Å². The van der Waals surface area contributed by atoms with E-state index in [-0.39, 0.29) is 9.79 Å². The normalized spacial score (nSPS) is 13.9. The lowest BCUT2D eigenvalue weighted by atomic mass is 10.1. The van der Waals surface area contributed by atoms with Crippen LogP contribution in [0.3, 0.4) is 0 Å². The highest BCUT2D eigenvalue weighted by atomic mass is 35.5. The lowest BCUT2D eigenvalue weighted by Gasteiger charge is -2.25. The highest BCUT2D eigenvalue weighted by Crippen LogP contribution is 2.27.